The molecule has 0 aliphatic carbocycles. The van der Waals surface area contributed by atoms with Crippen LogP contribution in [0.15, 0.2) is 28.6 Å². The van der Waals surface area contributed by atoms with Crippen molar-refractivity contribution in [1.82, 2.24) is 10.6 Å². The summed E-state index contributed by atoms with van der Waals surface area (Å²) in [4.78, 5) is 9.81. The molecule has 0 amide bonds. The highest BCUT2D eigenvalue weighted by molar-refractivity contribution is 8.93. The number of nitrogens with one attached hydrogen (secondary N) is 3. The van der Waals surface area contributed by atoms with Crippen LogP contribution in [0.4, 0.5) is 5.88 Å². The average Bonchev–Trinajstić information content (AvgIpc) is 2.84. The summed E-state index contributed by atoms with van der Waals surface area (Å²) in [6.45, 7) is 0.644. The Hall–Kier alpha value is -1.35. The number of hydrogen-bond acceptors (Lipinski definition) is 7. The first kappa shape index (κ1) is 18.7. The summed E-state index contributed by atoms with van der Waals surface area (Å²) in [7, 11) is 3.44. The van der Waals surface area contributed by atoms with Gasteiger partial charge in [-0.2, -0.15) is 11.8 Å². The SMILES string of the molecule is Br.CNC(=C[N+](=O)[O-])NCCSCc1ccc(NC)o1. The molecule has 0 radical (unpaired) electrons. The minimum Gasteiger partial charge on any atom is -0.445 e. The minimum absolute atomic E-state index is 0. The zero-order chi connectivity index (χ0) is 14.1. The van der Waals surface area contributed by atoms with Crippen LogP contribution in [0.25, 0.3) is 0 Å². The first-order chi connectivity index (χ1) is 9.15. The van der Waals surface area contributed by atoms with Gasteiger partial charge in [-0.15, -0.1) is 17.0 Å². The quantitative estimate of drug-likeness (QED) is 0.349. The Bertz CT molecular complexity index is 439. The van der Waals surface area contributed by atoms with Gasteiger partial charge < -0.3 is 20.4 Å². The zero-order valence-electron chi connectivity index (χ0n) is 11.3. The molecule has 1 aromatic heterocycles. The lowest BCUT2D eigenvalue weighted by Crippen LogP contribution is -2.26. The molecule has 0 aromatic carbocycles. The highest BCUT2D eigenvalue weighted by Crippen LogP contribution is 2.17. The van der Waals surface area contributed by atoms with Gasteiger partial charge >= 0.3 is 0 Å². The predicted molar refractivity (Wildman–Crippen MR) is 86.9 cm³/mol. The summed E-state index contributed by atoms with van der Waals surface area (Å²) in [5, 5.41) is 18.9. The molecular formula is C11H19BrN4O3S. The second-order valence-electron chi connectivity index (χ2n) is 3.57. The third-order valence-electron chi connectivity index (χ3n) is 2.22. The van der Waals surface area contributed by atoms with E-state index < -0.39 is 4.92 Å². The van der Waals surface area contributed by atoms with Crippen molar-refractivity contribution < 1.29 is 9.34 Å². The summed E-state index contributed by atoms with van der Waals surface area (Å²) < 4.78 is 5.47. The second kappa shape index (κ2) is 10.4. The van der Waals surface area contributed by atoms with Gasteiger partial charge in [0.15, 0.2) is 11.7 Å². The van der Waals surface area contributed by atoms with Crippen LogP contribution in [-0.4, -0.2) is 31.3 Å². The lowest BCUT2D eigenvalue weighted by Gasteiger charge is -2.07. The number of halogens is 1. The van der Waals surface area contributed by atoms with Crippen molar-refractivity contribution in [2.24, 2.45) is 0 Å². The fourth-order valence-corrected chi connectivity index (χ4v) is 2.07. The number of furan rings is 1. The van der Waals surface area contributed by atoms with E-state index in [1.54, 1.807) is 25.9 Å². The van der Waals surface area contributed by atoms with Gasteiger partial charge in [-0.05, 0) is 6.07 Å². The standard InChI is InChI=1S/C11H18N4O3S.BrH/c1-12-10(7-15(16)17)14-5-6-19-8-9-3-4-11(13-2)18-9;/h3-4,7,12-14H,5-6,8H2,1-2H3;1H. The summed E-state index contributed by atoms with van der Waals surface area (Å²) in [5.41, 5.74) is 0. The molecule has 114 valence electrons. The molecule has 9 heteroatoms. The maximum absolute atomic E-state index is 10.3. The largest absolute Gasteiger partial charge is 0.445 e. The average molecular weight is 367 g/mol. The molecule has 0 saturated heterocycles. The Kier molecular flexibility index (Phi) is 9.73. The summed E-state index contributed by atoms with van der Waals surface area (Å²) in [5.74, 6) is 3.66. The maximum Gasteiger partial charge on any atom is 0.274 e. The van der Waals surface area contributed by atoms with E-state index in [9.17, 15) is 10.1 Å². The molecule has 0 aliphatic rings. The van der Waals surface area contributed by atoms with Crippen molar-refractivity contribution in [3.05, 3.63) is 40.0 Å². The summed E-state index contributed by atoms with van der Waals surface area (Å²) in [6, 6.07) is 3.81. The van der Waals surface area contributed by atoms with Gasteiger partial charge in [0.05, 0.1) is 10.7 Å². The van der Waals surface area contributed by atoms with Crippen molar-refractivity contribution >= 4 is 34.6 Å². The van der Waals surface area contributed by atoms with Crippen LogP contribution in [0.1, 0.15) is 5.76 Å². The number of thioether (sulfide) groups is 1. The fraction of sp³-hybridized carbons (Fsp3) is 0.455. The molecule has 0 unspecified atom stereocenters. The lowest BCUT2D eigenvalue weighted by molar-refractivity contribution is -0.404. The number of hydrogen-bond donors (Lipinski definition) is 3. The van der Waals surface area contributed by atoms with Crippen molar-refractivity contribution in [2.75, 3.05) is 31.7 Å². The second-order valence-corrected chi connectivity index (χ2v) is 4.68. The molecular weight excluding hydrogens is 348 g/mol. The molecule has 3 N–H and O–H groups in total. The molecule has 7 nitrogen and oxygen atoms in total. The molecule has 20 heavy (non-hydrogen) atoms. The first-order valence-corrected chi connectivity index (χ1v) is 6.92. The summed E-state index contributed by atoms with van der Waals surface area (Å²) in [6.07, 6.45) is 0.913. The lowest BCUT2D eigenvalue weighted by atomic mass is 10.5. The third kappa shape index (κ3) is 7.29. The smallest absolute Gasteiger partial charge is 0.274 e. The fourth-order valence-electron chi connectivity index (χ4n) is 1.32. The van der Waals surface area contributed by atoms with Crippen molar-refractivity contribution in [1.29, 1.82) is 0 Å². The highest BCUT2D eigenvalue weighted by atomic mass is 79.9. The Morgan fingerprint density at radius 1 is 1.50 bits per heavy atom. The van der Waals surface area contributed by atoms with Crippen LogP contribution in [0.3, 0.4) is 0 Å². The monoisotopic (exact) mass is 366 g/mol. The van der Waals surface area contributed by atoms with E-state index in [0.29, 0.717) is 12.4 Å². The molecule has 0 aliphatic heterocycles. The van der Waals surface area contributed by atoms with E-state index >= 15 is 0 Å². The van der Waals surface area contributed by atoms with Gasteiger partial charge in [-0.1, -0.05) is 0 Å². The topological polar surface area (TPSA) is 92.4 Å². The molecule has 0 saturated carbocycles. The van der Waals surface area contributed by atoms with Crippen molar-refractivity contribution in [2.45, 2.75) is 5.75 Å². The van der Waals surface area contributed by atoms with E-state index in [0.717, 1.165) is 29.4 Å². The van der Waals surface area contributed by atoms with Crippen LogP contribution in [0.2, 0.25) is 0 Å². The van der Waals surface area contributed by atoms with Crippen molar-refractivity contribution in [3.63, 3.8) is 0 Å². The van der Waals surface area contributed by atoms with Gasteiger partial charge in [0.1, 0.15) is 5.76 Å². The summed E-state index contributed by atoms with van der Waals surface area (Å²) >= 11 is 1.69. The third-order valence-corrected chi connectivity index (χ3v) is 3.20. The van der Waals surface area contributed by atoms with Crippen molar-refractivity contribution in [3.8, 4) is 0 Å². The predicted octanol–water partition coefficient (Wildman–Crippen LogP) is 2.02. The van der Waals surface area contributed by atoms with E-state index in [1.165, 1.54) is 0 Å². The van der Waals surface area contributed by atoms with Crippen LogP contribution in [-0.2, 0) is 5.75 Å². The molecule has 1 heterocycles. The Morgan fingerprint density at radius 3 is 2.80 bits per heavy atom. The van der Waals surface area contributed by atoms with Gasteiger partial charge in [-0.25, -0.2) is 0 Å². The highest BCUT2D eigenvalue weighted by Gasteiger charge is 2.02. The first-order valence-electron chi connectivity index (χ1n) is 5.77. The van der Waals surface area contributed by atoms with Crippen LogP contribution in [0.5, 0.6) is 0 Å². The number of nitrogens with zero attached hydrogens (tertiary/aromatic N) is 1. The van der Waals surface area contributed by atoms with Crippen LogP contribution >= 0.6 is 28.7 Å². The van der Waals surface area contributed by atoms with Gasteiger partial charge in [0.2, 0.25) is 0 Å². The van der Waals surface area contributed by atoms with Gasteiger partial charge in [-0.3, -0.25) is 10.1 Å². The molecule has 0 atom stereocenters. The maximum atomic E-state index is 10.3. The molecule has 0 bridgehead atoms. The molecule has 1 aromatic rings. The minimum atomic E-state index is -0.492. The number of nitro groups is 1. The number of anilines is 1. The van der Waals surface area contributed by atoms with Gasteiger partial charge in [0.25, 0.3) is 6.20 Å². The molecule has 0 fully saturated rings. The van der Waals surface area contributed by atoms with E-state index in [-0.39, 0.29) is 17.0 Å². The van der Waals surface area contributed by atoms with Crippen LogP contribution < -0.4 is 16.0 Å². The molecule has 0 spiro atoms. The Balaban J connectivity index is 0.00000361. The van der Waals surface area contributed by atoms with E-state index in [4.69, 9.17) is 4.42 Å². The van der Waals surface area contributed by atoms with E-state index in [1.807, 2.05) is 12.1 Å². The number of rotatable bonds is 9. The Morgan fingerprint density at radius 2 is 2.25 bits per heavy atom. The van der Waals surface area contributed by atoms with Gasteiger partial charge in [0, 0.05) is 32.5 Å². The van der Waals surface area contributed by atoms with E-state index in [2.05, 4.69) is 16.0 Å². The van der Waals surface area contributed by atoms with Crippen LogP contribution in [0, 0.1) is 10.1 Å². The Labute approximate surface area is 132 Å². The normalized spacial score (nSPS) is 10.6. The zero-order valence-corrected chi connectivity index (χ0v) is 13.9. The molecule has 1 rings (SSSR count).